The second-order valence-electron chi connectivity index (χ2n) is 26.0. The van der Waals surface area contributed by atoms with Crippen LogP contribution < -0.4 is 0 Å². The third kappa shape index (κ3) is 31.0. The molecule has 10 aromatic carbocycles. The van der Waals surface area contributed by atoms with Gasteiger partial charge in [0.15, 0.2) is 0 Å². The standard InChI is InChI=1S/C17H10NS.2C13H8NS.C12H6F4N.C11H6F2N.3C11H8N.C6H5NO2.5Ir/c1-3-7-14-12(5-1)9-10-18-17(14)16-11-13-6-2-4-8-15(13)19-16;1-2-7-12-10(5-1)9-13(15-12)11-6-3-4-8-14-11;1-2-6-10(7-3-1)13-14-11-8-4-5-9-12(11)15-13;13-10-5-4-8(7-9(10)12(14,15)16)11-3-1-2-6-17-11;12-8-4-5-9(10(13)7-8)11-3-1-2-6-14-11;3*1-2-6-10(7-3-1)11-8-4-5-9-12-11;8-6(9)5-3-1-2-4-7-5;;;;;/h1-10H;1-8H;1-6,8-9H;1-3,5-7H;1-4,6-7H;3*1-6,8-9H;1-4H,(H,8,9);;;;;/q8*-1;;;;;;. The zero-order valence-corrected chi connectivity index (χ0v) is 82.1. The summed E-state index contributed by atoms with van der Waals surface area (Å²) in [5.74, 6) is -3.61. The van der Waals surface area contributed by atoms with Crippen LogP contribution in [0.2, 0.25) is 0 Å². The van der Waals surface area contributed by atoms with Crippen LogP contribution in [-0.4, -0.2) is 55.9 Å². The van der Waals surface area contributed by atoms with Crippen LogP contribution in [0.5, 0.6) is 0 Å². The number of pyridine rings is 8. The molecule has 25 heteroatoms. The number of thiazole rings is 1. The minimum absolute atomic E-state index is 0. The molecule has 0 aliphatic heterocycles. The number of para-hydroxylation sites is 1. The van der Waals surface area contributed by atoms with Crippen molar-refractivity contribution in [3.05, 3.63) is 479 Å². The minimum Gasteiger partial charge on any atom is -0.477 e. The summed E-state index contributed by atoms with van der Waals surface area (Å²) in [5, 5.41) is 14.1. The maximum absolute atomic E-state index is 13.2. The molecular formula is C105H67F6Ir5N9O2S3-8. The number of nitrogens with zero attached hydrogens (tertiary/aromatic N) is 9. The van der Waals surface area contributed by atoms with Crippen molar-refractivity contribution in [2.24, 2.45) is 0 Å². The Bertz CT molecular complexity index is 6360. The Morgan fingerprint density at radius 2 is 0.738 bits per heavy atom. The van der Waals surface area contributed by atoms with Crippen LogP contribution in [0, 0.1) is 66.0 Å². The van der Waals surface area contributed by atoms with Gasteiger partial charge in [-0.05, 0) is 125 Å². The van der Waals surface area contributed by atoms with E-state index in [0.29, 0.717) is 23.5 Å². The van der Waals surface area contributed by atoms with Crippen LogP contribution in [0.25, 0.3) is 129 Å². The zero-order chi connectivity index (χ0) is 86.6. The van der Waals surface area contributed by atoms with E-state index in [0.717, 1.165) is 88.5 Å². The number of carboxylic acids is 1. The molecule has 21 rings (SSSR count). The maximum Gasteiger partial charge on any atom is 0.402 e. The molecule has 5 radical (unpaired) electrons. The number of fused-ring (bicyclic) bond motifs is 4. The van der Waals surface area contributed by atoms with Gasteiger partial charge in [0.1, 0.15) is 5.69 Å². The first-order valence-electron chi connectivity index (χ1n) is 38.4. The number of alkyl halides is 3. The quantitative estimate of drug-likeness (QED) is 0.109. The smallest absolute Gasteiger partial charge is 0.402 e. The van der Waals surface area contributed by atoms with Gasteiger partial charge in [-0.15, -0.1) is 227 Å². The van der Waals surface area contributed by atoms with Crippen molar-refractivity contribution in [2.75, 3.05) is 0 Å². The van der Waals surface area contributed by atoms with Gasteiger partial charge in [-0.2, -0.15) is 24.5 Å². The van der Waals surface area contributed by atoms with E-state index < -0.39 is 35.2 Å². The Morgan fingerprint density at radius 1 is 0.331 bits per heavy atom. The summed E-state index contributed by atoms with van der Waals surface area (Å²) in [6.45, 7) is 0. The van der Waals surface area contributed by atoms with Crippen molar-refractivity contribution in [3.8, 4) is 88.0 Å². The molecule has 21 aromatic rings. The molecule has 11 heterocycles. The Labute approximate surface area is 827 Å². The number of halogens is 6. The predicted molar refractivity (Wildman–Crippen MR) is 488 cm³/mol. The van der Waals surface area contributed by atoms with Crippen LogP contribution in [0.3, 0.4) is 0 Å². The number of aromatic carboxylic acids is 1. The van der Waals surface area contributed by atoms with Crippen LogP contribution in [0.1, 0.15) is 16.1 Å². The second-order valence-corrected chi connectivity index (χ2v) is 29.2. The molecule has 0 saturated heterocycles. The van der Waals surface area contributed by atoms with Gasteiger partial charge in [-0.3, -0.25) is 18.2 Å². The molecule has 0 aliphatic carbocycles. The fourth-order valence-corrected chi connectivity index (χ4v) is 14.5. The van der Waals surface area contributed by atoms with Gasteiger partial charge < -0.3 is 40.0 Å². The normalized spacial score (nSPS) is 9.98. The molecule has 11 nitrogen and oxygen atoms in total. The molecule has 0 saturated carbocycles. The van der Waals surface area contributed by atoms with Crippen LogP contribution >= 0.6 is 34.0 Å². The van der Waals surface area contributed by atoms with Crippen molar-refractivity contribution in [1.29, 1.82) is 0 Å². The summed E-state index contributed by atoms with van der Waals surface area (Å²) in [5.41, 5.74) is 10.0. The van der Waals surface area contributed by atoms with Crippen LogP contribution in [-0.2, 0) is 107 Å². The van der Waals surface area contributed by atoms with Gasteiger partial charge in [-0.25, -0.2) is 32.5 Å². The van der Waals surface area contributed by atoms with Crippen molar-refractivity contribution >= 4 is 81.1 Å². The van der Waals surface area contributed by atoms with Gasteiger partial charge in [0, 0.05) is 194 Å². The maximum atomic E-state index is 13.2. The summed E-state index contributed by atoms with van der Waals surface area (Å²) >= 11 is 5.19. The number of hydrogen-bond acceptors (Lipinski definition) is 13. The number of benzene rings is 10. The van der Waals surface area contributed by atoms with Crippen molar-refractivity contribution in [1.82, 2.24) is 44.9 Å². The number of aromatic nitrogens is 9. The number of hydrogen-bond donors (Lipinski definition) is 1. The third-order valence-corrected chi connectivity index (χ3v) is 20.7. The third-order valence-electron chi connectivity index (χ3n) is 17.5. The molecule has 0 amide bonds. The van der Waals surface area contributed by atoms with Crippen molar-refractivity contribution in [3.63, 3.8) is 0 Å². The zero-order valence-electron chi connectivity index (χ0n) is 67.6. The van der Waals surface area contributed by atoms with E-state index in [2.05, 4.69) is 160 Å². The molecular weight excluding hydrogens is 2590 g/mol. The summed E-state index contributed by atoms with van der Waals surface area (Å²) in [7, 11) is 0. The van der Waals surface area contributed by atoms with Crippen molar-refractivity contribution in [2.45, 2.75) is 6.18 Å². The molecule has 0 unspecified atom stereocenters. The Kier molecular flexibility index (Phi) is 43.1. The van der Waals surface area contributed by atoms with Gasteiger partial charge in [-0.1, -0.05) is 151 Å². The molecule has 0 bridgehead atoms. The predicted octanol–water partition coefficient (Wildman–Crippen LogP) is 27.4. The molecule has 0 atom stereocenters. The fraction of sp³-hybridized carbons (Fsp3) is 0.00952. The topological polar surface area (TPSA) is 153 Å². The van der Waals surface area contributed by atoms with E-state index in [1.54, 1.807) is 101 Å². The van der Waals surface area contributed by atoms with E-state index in [4.69, 9.17) is 5.11 Å². The molecule has 657 valence electrons. The molecule has 11 aromatic heterocycles. The summed E-state index contributed by atoms with van der Waals surface area (Å²) in [4.78, 5) is 49.9. The SMILES string of the molecule is Fc1c[c-]c(-c2ccccn2)c(F)c1.Fc1c[c-]c(-c2ccccn2)cc1C(F)(F)F.O=C(O)c1ccccn1.[Ir].[Ir].[Ir].[Ir].[Ir].[c-]1c(-c2ccccn2)sc2ccccc12.[c-]1c(-c2nccc3ccccc23)sc2ccccc12.[c-]1ccccc1-c1ccccn1.[c-]1ccccc1-c1ccccn1.[c-]1ccccc1-c1ccccn1.[c-]1ccccc1-c1nc2ccccc2s1. The Balaban J connectivity index is 0.000000181. The Morgan fingerprint density at radius 3 is 1.17 bits per heavy atom. The minimum atomic E-state index is -4.72. The van der Waals surface area contributed by atoms with Gasteiger partial charge in [0.2, 0.25) is 0 Å². The van der Waals surface area contributed by atoms with Gasteiger partial charge in [0.05, 0.1) is 5.52 Å². The first kappa shape index (κ1) is 103. The monoisotopic (exact) mass is 2660 g/mol. The van der Waals surface area contributed by atoms with E-state index in [9.17, 15) is 31.1 Å². The average Bonchev–Trinajstić information content (AvgIpc) is 1.56. The van der Waals surface area contributed by atoms with Crippen LogP contribution in [0.15, 0.2) is 401 Å². The van der Waals surface area contributed by atoms with E-state index in [-0.39, 0.29) is 117 Å². The van der Waals surface area contributed by atoms with E-state index in [1.807, 2.05) is 219 Å². The largest absolute Gasteiger partial charge is 0.477 e. The first-order valence-corrected chi connectivity index (χ1v) is 40.9. The van der Waals surface area contributed by atoms with Gasteiger partial charge in [0.25, 0.3) is 0 Å². The fourth-order valence-electron chi connectivity index (χ4n) is 11.6. The molecule has 0 fully saturated rings. The van der Waals surface area contributed by atoms with Crippen LogP contribution in [0.4, 0.5) is 26.3 Å². The van der Waals surface area contributed by atoms with Gasteiger partial charge >= 0.3 is 12.1 Å². The number of rotatable bonds is 9. The molecule has 0 aliphatic rings. The molecule has 0 spiro atoms. The number of carboxylic acid groups (broad SMARTS) is 1. The number of carbonyl (C=O) groups is 1. The Hall–Kier alpha value is -12.2. The molecule has 130 heavy (non-hydrogen) atoms. The summed E-state index contributed by atoms with van der Waals surface area (Å²) in [6, 6.07) is 132. The molecule has 1 N–H and O–H groups in total. The first-order chi connectivity index (χ1) is 61.2. The average molecular weight is 2660 g/mol. The van der Waals surface area contributed by atoms with E-state index >= 15 is 0 Å². The summed E-state index contributed by atoms with van der Waals surface area (Å²) < 4.78 is 80.0. The summed E-state index contributed by atoms with van der Waals surface area (Å²) in [6.07, 6.45) is 8.77. The van der Waals surface area contributed by atoms with Crippen molar-refractivity contribution < 1.29 is 137 Å². The second kappa shape index (κ2) is 54.3. The van der Waals surface area contributed by atoms with E-state index in [1.165, 1.54) is 54.8 Å². The number of thiophene rings is 2.